The Balaban J connectivity index is 1.60. The zero-order valence-electron chi connectivity index (χ0n) is 18.0. The van der Waals surface area contributed by atoms with E-state index in [9.17, 15) is 18.3 Å². The third-order valence-corrected chi connectivity index (χ3v) is 8.46. The Labute approximate surface area is 186 Å². The van der Waals surface area contributed by atoms with Gasteiger partial charge in [0.2, 0.25) is 0 Å². The van der Waals surface area contributed by atoms with Gasteiger partial charge in [-0.2, -0.15) is 5.10 Å². The molecule has 2 aliphatic heterocycles. The highest BCUT2D eigenvalue weighted by molar-refractivity contribution is 7.91. The Bertz CT molecular complexity index is 1250. The van der Waals surface area contributed by atoms with E-state index in [0.29, 0.717) is 31.5 Å². The summed E-state index contributed by atoms with van der Waals surface area (Å²) in [5.41, 5.74) is 3.47. The molecule has 3 aromatic rings. The van der Waals surface area contributed by atoms with Crippen LogP contribution in [0.15, 0.2) is 30.6 Å². The number of rotatable bonds is 4. The predicted molar refractivity (Wildman–Crippen MR) is 121 cm³/mol. The van der Waals surface area contributed by atoms with Gasteiger partial charge in [-0.05, 0) is 50.8 Å². The lowest BCUT2D eigenvalue weighted by Gasteiger charge is -2.33. The molecule has 1 fully saturated rings. The van der Waals surface area contributed by atoms with Crippen LogP contribution >= 0.6 is 0 Å². The van der Waals surface area contributed by atoms with E-state index in [2.05, 4.69) is 9.67 Å². The van der Waals surface area contributed by atoms with Gasteiger partial charge in [0.1, 0.15) is 15.7 Å². The average molecular weight is 458 g/mol. The molecule has 0 unspecified atom stereocenters. The van der Waals surface area contributed by atoms with E-state index < -0.39 is 15.9 Å². The summed E-state index contributed by atoms with van der Waals surface area (Å²) in [5, 5.41) is 14.0. The van der Waals surface area contributed by atoms with Gasteiger partial charge in [0, 0.05) is 43.0 Å². The molecule has 2 aromatic heterocycles. The van der Waals surface area contributed by atoms with Gasteiger partial charge in [-0.1, -0.05) is 0 Å². The van der Waals surface area contributed by atoms with E-state index in [0.717, 1.165) is 35.3 Å². The molecule has 9 nitrogen and oxygen atoms in total. The number of aryl methyl sites for hydroxylation is 3. The second kappa shape index (κ2) is 7.91. The van der Waals surface area contributed by atoms with Gasteiger partial charge in [0.25, 0.3) is 0 Å². The summed E-state index contributed by atoms with van der Waals surface area (Å²) in [6.07, 6.45) is 6.01. The fourth-order valence-corrected chi connectivity index (χ4v) is 6.57. The maximum absolute atomic E-state index is 12.0. The first-order valence-corrected chi connectivity index (χ1v) is 12.9. The summed E-state index contributed by atoms with van der Waals surface area (Å²) in [7, 11) is -2.98. The maximum atomic E-state index is 12.0. The van der Waals surface area contributed by atoms with Crippen molar-refractivity contribution >= 4 is 32.7 Å². The minimum atomic E-state index is -2.98. The number of amides is 1. The molecule has 32 heavy (non-hydrogen) atoms. The van der Waals surface area contributed by atoms with Crippen molar-refractivity contribution in [3.63, 3.8) is 0 Å². The zero-order chi connectivity index (χ0) is 22.5. The standard InChI is InChI=1S/C22H27N5O4S/c1-15-3-4-17-18(26(15)22(28)29)5-6-19-21(17)24-20(7-12-25-11-2-10-23-25)27(19)16-8-13-32(30,31)14-9-16/h2,5-6,10-11,15-16H,3-4,7-9,12-14H2,1H3,(H,28,29)/t15-/m0/s1. The third-order valence-electron chi connectivity index (χ3n) is 6.75. The van der Waals surface area contributed by atoms with Crippen LogP contribution in [0.4, 0.5) is 10.5 Å². The molecular formula is C22H27N5O4S. The molecule has 2 aliphatic rings. The van der Waals surface area contributed by atoms with Gasteiger partial charge in [-0.3, -0.25) is 9.58 Å². The molecule has 0 bridgehead atoms. The number of anilines is 1. The molecule has 170 valence electrons. The number of nitrogens with zero attached hydrogens (tertiary/aromatic N) is 5. The molecule has 5 rings (SSSR count). The number of sulfone groups is 1. The maximum Gasteiger partial charge on any atom is 0.412 e. The lowest BCUT2D eigenvalue weighted by Crippen LogP contribution is -2.41. The van der Waals surface area contributed by atoms with E-state index in [1.54, 1.807) is 6.20 Å². The molecule has 4 heterocycles. The van der Waals surface area contributed by atoms with Crippen molar-refractivity contribution < 1.29 is 18.3 Å². The number of hydrogen-bond donors (Lipinski definition) is 1. The smallest absolute Gasteiger partial charge is 0.412 e. The number of hydrogen-bond acceptors (Lipinski definition) is 5. The topological polar surface area (TPSA) is 110 Å². The number of benzene rings is 1. The first-order chi connectivity index (χ1) is 15.3. The van der Waals surface area contributed by atoms with Crippen molar-refractivity contribution in [3.05, 3.63) is 42.0 Å². The van der Waals surface area contributed by atoms with Crippen LogP contribution in [0.5, 0.6) is 0 Å². The Morgan fingerprint density at radius 2 is 2.00 bits per heavy atom. The lowest BCUT2D eigenvalue weighted by atomic mass is 9.95. The molecule has 1 atom stereocenters. The SMILES string of the molecule is C[C@H]1CCc2c(ccc3c2nc(CCn2cccn2)n3C2CCS(=O)(=O)CC2)N1C(=O)O. The largest absolute Gasteiger partial charge is 0.465 e. The summed E-state index contributed by atoms with van der Waals surface area (Å²) in [4.78, 5) is 18.4. The van der Waals surface area contributed by atoms with Crippen molar-refractivity contribution in [1.29, 1.82) is 0 Å². The minimum Gasteiger partial charge on any atom is -0.465 e. The van der Waals surface area contributed by atoms with E-state index >= 15 is 0 Å². The highest BCUT2D eigenvalue weighted by Gasteiger charge is 2.32. The fourth-order valence-electron chi connectivity index (χ4n) is 5.10. The van der Waals surface area contributed by atoms with Gasteiger partial charge in [-0.15, -0.1) is 0 Å². The molecule has 1 amide bonds. The molecule has 10 heteroatoms. The Hall–Kier alpha value is -2.88. The first kappa shape index (κ1) is 21.0. The van der Waals surface area contributed by atoms with Gasteiger partial charge in [-0.25, -0.2) is 18.2 Å². The van der Waals surface area contributed by atoms with Crippen molar-refractivity contribution in [3.8, 4) is 0 Å². The van der Waals surface area contributed by atoms with E-state index in [1.807, 2.05) is 36.0 Å². The van der Waals surface area contributed by atoms with Gasteiger partial charge < -0.3 is 9.67 Å². The highest BCUT2D eigenvalue weighted by atomic mass is 32.2. The number of carboxylic acid groups (broad SMARTS) is 1. The van der Waals surface area contributed by atoms with Crippen LogP contribution in [-0.2, 0) is 29.2 Å². The van der Waals surface area contributed by atoms with E-state index in [4.69, 9.17) is 4.98 Å². The second-order valence-corrected chi connectivity index (χ2v) is 11.1. The van der Waals surface area contributed by atoms with Gasteiger partial charge in [0.05, 0.1) is 28.2 Å². The van der Waals surface area contributed by atoms with Crippen LogP contribution < -0.4 is 4.90 Å². The van der Waals surface area contributed by atoms with E-state index in [1.165, 1.54) is 4.90 Å². The van der Waals surface area contributed by atoms with Crippen molar-refractivity contribution in [1.82, 2.24) is 19.3 Å². The summed E-state index contributed by atoms with van der Waals surface area (Å²) >= 11 is 0. The Morgan fingerprint density at radius 3 is 2.69 bits per heavy atom. The van der Waals surface area contributed by atoms with Crippen molar-refractivity contribution in [2.45, 2.75) is 57.7 Å². The first-order valence-electron chi connectivity index (χ1n) is 11.1. The summed E-state index contributed by atoms with van der Waals surface area (Å²) in [6.45, 7) is 2.60. The molecule has 1 saturated heterocycles. The molecule has 0 aliphatic carbocycles. The average Bonchev–Trinajstić information content (AvgIpc) is 3.39. The van der Waals surface area contributed by atoms with Crippen LogP contribution in [0, 0.1) is 0 Å². The second-order valence-electron chi connectivity index (χ2n) is 8.77. The van der Waals surface area contributed by atoms with Crippen LogP contribution in [0.25, 0.3) is 11.0 Å². The molecule has 1 N–H and O–H groups in total. The fraction of sp³-hybridized carbons (Fsp3) is 0.500. The third kappa shape index (κ3) is 3.66. The summed E-state index contributed by atoms with van der Waals surface area (Å²) in [5.74, 6) is 1.27. The number of fused-ring (bicyclic) bond motifs is 3. The molecule has 0 radical (unpaired) electrons. The summed E-state index contributed by atoms with van der Waals surface area (Å²) < 4.78 is 28.1. The predicted octanol–water partition coefficient (Wildman–Crippen LogP) is 3.04. The molecular weight excluding hydrogens is 430 g/mol. The lowest BCUT2D eigenvalue weighted by molar-refractivity contribution is 0.198. The quantitative estimate of drug-likeness (QED) is 0.645. The van der Waals surface area contributed by atoms with Gasteiger partial charge in [0.15, 0.2) is 0 Å². The van der Waals surface area contributed by atoms with Gasteiger partial charge >= 0.3 is 6.09 Å². The monoisotopic (exact) mass is 457 g/mol. The zero-order valence-corrected chi connectivity index (χ0v) is 18.8. The highest BCUT2D eigenvalue weighted by Crippen LogP contribution is 2.38. The summed E-state index contributed by atoms with van der Waals surface area (Å²) in [6, 6.07) is 5.70. The van der Waals surface area contributed by atoms with Crippen LogP contribution in [0.1, 0.15) is 43.6 Å². The molecule has 0 saturated carbocycles. The molecule has 0 spiro atoms. The Kier molecular flexibility index (Phi) is 5.19. The normalized spacial score (nSPS) is 21.0. The number of imidazole rings is 1. The van der Waals surface area contributed by atoms with Crippen LogP contribution in [0.3, 0.4) is 0 Å². The van der Waals surface area contributed by atoms with Crippen molar-refractivity contribution in [2.24, 2.45) is 0 Å². The van der Waals surface area contributed by atoms with Crippen molar-refractivity contribution in [2.75, 3.05) is 16.4 Å². The number of carbonyl (C=O) groups is 1. The Morgan fingerprint density at radius 1 is 1.22 bits per heavy atom. The number of aromatic nitrogens is 4. The van der Waals surface area contributed by atoms with E-state index in [-0.39, 0.29) is 23.6 Å². The molecule has 1 aromatic carbocycles. The minimum absolute atomic E-state index is 0.0623. The van der Waals surface area contributed by atoms with Crippen LogP contribution in [-0.4, -0.2) is 56.5 Å². The van der Waals surface area contributed by atoms with Crippen LogP contribution in [0.2, 0.25) is 0 Å².